The van der Waals surface area contributed by atoms with Crippen molar-refractivity contribution < 1.29 is 4.79 Å². The van der Waals surface area contributed by atoms with E-state index in [0.717, 1.165) is 28.7 Å². The summed E-state index contributed by atoms with van der Waals surface area (Å²) in [5.74, 6) is 0.146. The summed E-state index contributed by atoms with van der Waals surface area (Å²) in [6, 6.07) is 0. The van der Waals surface area contributed by atoms with E-state index in [1.165, 1.54) is 5.57 Å². The van der Waals surface area contributed by atoms with E-state index < -0.39 is 0 Å². The van der Waals surface area contributed by atoms with Gasteiger partial charge < -0.3 is 0 Å². The number of rotatable bonds is 5. The van der Waals surface area contributed by atoms with Crippen LogP contribution in [0.4, 0.5) is 0 Å². The van der Waals surface area contributed by atoms with Gasteiger partial charge in [-0.05, 0) is 41.8 Å². The second-order valence-electron chi connectivity index (χ2n) is 4.12. The molecule has 0 saturated heterocycles. The van der Waals surface area contributed by atoms with Gasteiger partial charge in [-0.2, -0.15) is 5.10 Å². The number of aromatic nitrogens is 2. The molecule has 4 heteroatoms. The Morgan fingerprint density at radius 1 is 1.41 bits per heavy atom. The minimum Gasteiger partial charge on any atom is -0.294 e. The average Bonchev–Trinajstić information content (AvgIpc) is 2.53. The number of allylic oxidation sites excluding steroid dienone is 2. The highest BCUT2D eigenvalue weighted by Gasteiger charge is 2.13. The van der Waals surface area contributed by atoms with Crippen molar-refractivity contribution in [2.75, 3.05) is 0 Å². The topological polar surface area (TPSA) is 34.9 Å². The molecule has 0 bridgehead atoms. The van der Waals surface area contributed by atoms with Crippen LogP contribution in [0, 0.1) is 6.92 Å². The third kappa shape index (κ3) is 3.53. The molecule has 17 heavy (non-hydrogen) atoms. The van der Waals surface area contributed by atoms with Gasteiger partial charge in [0.25, 0.3) is 0 Å². The predicted octanol–water partition coefficient (Wildman–Crippen LogP) is 3.35. The minimum atomic E-state index is 0.146. The quantitative estimate of drug-likeness (QED) is 0.782. The Balaban J connectivity index is 2.85. The zero-order valence-electron chi connectivity index (χ0n) is 10.9. The van der Waals surface area contributed by atoms with Crippen LogP contribution in [0.2, 0.25) is 0 Å². The molecule has 1 aromatic rings. The van der Waals surface area contributed by atoms with E-state index in [1.807, 2.05) is 14.0 Å². The minimum absolute atomic E-state index is 0.146. The fourth-order valence-corrected chi connectivity index (χ4v) is 2.25. The molecule has 0 aliphatic carbocycles. The van der Waals surface area contributed by atoms with Gasteiger partial charge in [-0.3, -0.25) is 9.48 Å². The summed E-state index contributed by atoms with van der Waals surface area (Å²) >= 11 is 3.47. The summed E-state index contributed by atoms with van der Waals surface area (Å²) in [6.07, 6.45) is 4.05. The summed E-state index contributed by atoms with van der Waals surface area (Å²) in [5.41, 5.74) is 3.06. The molecule has 3 nitrogen and oxygen atoms in total. The van der Waals surface area contributed by atoms with Gasteiger partial charge in [0.05, 0.1) is 22.3 Å². The lowest BCUT2D eigenvalue weighted by Gasteiger charge is -2.02. The highest BCUT2D eigenvalue weighted by Crippen LogP contribution is 2.21. The van der Waals surface area contributed by atoms with Gasteiger partial charge in [0, 0.05) is 7.05 Å². The lowest BCUT2D eigenvalue weighted by atomic mass is 10.1. The Bertz CT molecular complexity index is 441. The maximum Gasteiger partial charge on any atom is 0.161 e. The maximum absolute atomic E-state index is 11.9. The van der Waals surface area contributed by atoms with Crippen LogP contribution in [0.25, 0.3) is 0 Å². The van der Waals surface area contributed by atoms with Crippen LogP contribution in [0.5, 0.6) is 0 Å². The zero-order chi connectivity index (χ0) is 13.0. The van der Waals surface area contributed by atoms with E-state index in [0.29, 0.717) is 6.42 Å². The predicted molar refractivity (Wildman–Crippen MR) is 73.0 cm³/mol. The SMILES string of the molecule is CCC(=CC(=O)Cc1c(Br)c(C)nn1C)CC. The van der Waals surface area contributed by atoms with Crippen molar-refractivity contribution in [2.45, 2.75) is 40.0 Å². The molecule has 0 unspecified atom stereocenters. The van der Waals surface area contributed by atoms with Gasteiger partial charge in [-0.25, -0.2) is 0 Å². The molecule has 0 amide bonds. The van der Waals surface area contributed by atoms with Gasteiger partial charge in [0.2, 0.25) is 0 Å². The van der Waals surface area contributed by atoms with Gasteiger partial charge in [0.15, 0.2) is 5.78 Å². The molecule has 0 spiro atoms. The van der Waals surface area contributed by atoms with Crippen molar-refractivity contribution in [1.29, 1.82) is 0 Å². The molecular weight excluding hydrogens is 280 g/mol. The second-order valence-corrected chi connectivity index (χ2v) is 4.92. The van der Waals surface area contributed by atoms with Crippen LogP contribution in [-0.2, 0) is 18.3 Å². The Morgan fingerprint density at radius 3 is 2.41 bits per heavy atom. The van der Waals surface area contributed by atoms with E-state index in [4.69, 9.17) is 0 Å². The normalized spacial score (nSPS) is 10.4. The van der Waals surface area contributed by atoms with E-state index >= 15 is 0 Å². The molecule has 1 rings (SSSR count). The van der Waals surface area contributed by atoms with Crippen LogP contribution in [0.3, 0.4) is 0 Å². The monoisotopic (exact) mass is 298 g/mol. The lowest BCUT2D eigenvalue weighted by molar-refractivity contribution is -0.114. The number of hydrogen-bond donors (Lipinski definition) is 0. The third-order valence-corrected chi connectivity index (χ3v) is 3.91. The van der Waals surface area contributed by atoms with Crippen molar-refractivity contribution in [2.24, 2.45) is 7.05 Å². The van der Waals surface area contributed by atoms with Crippen molar-refractivity contribution in [3.8, 4) is 0 Å². The number of carbonyl (C=O) groups excluding carboxylic acids is 1. The van der Waals surface area contributed by atoms with Crippen LogP contribution in [-0.4, -0.2) is 15.6 Å². The molecule has 0 saturated carbocycles. The number of hydrogen-bond acceptors (Lipinski definition) is 2. The van der Waals surface area contributed by atoms with Crippen LogP contribution < -0.4 is 0 Å². The van der Waals surface area contributed by atoms with Crippen LogP contribution in [0.15, 0.2) is 16.1 Å². The summed E-state index contributed by atoms with van der Waals surface area (Å²) < 4.78 is 2.71. The number of carbonyl (C=O) groups is 1. The summed E-state index contributed by atoms with van der Waals surface area (Å²) in [4.78, 5) is 11.9. The van der Waals surface area contributed by atoms with Gasteiger partial charge in [0.1, 0.15) is 0 Å². The molecule has 1 heterocycles. The molecule has 0 N–H and O–H groups in total. The van der Waals surface area contributed by atoms with Crippen molar-refractivity contribution in [3.63, 3.8) is 0 Å². The van der Waals surface area contributed by atoms with Crippen molar-refractivity contribution in [3.05, 3.63) is 27.5 Å². The molecule has 0 aliphatic heterocycles. The average molecular weight is 299 g/mol. The Morgan fingerprint density at radius 2 is 2.00 bits per heavy atom. The zero-order valence-corrected chi connectivity index (χ0v) is 12.5. The lowest BCUT2D eigenvalue weighted by Crippen LogP contribution is -2.06. The molecule has 0 aromatic carbocycles. The molecule has 0 atom stereocenters. The first-order chi connectivity index (χ1) is 7.99. The first-order valence-corrected chi connectivity index (χ1v) is 6.69. The molecule has 1 aromatic heterocycles. The maximum atomic E-state index is 11.9. The number of nitrogens with zero attached hydrogens (tertiary/aromatic N) is 2. The smallest absolute Gasteiger partial charge is 0.161 e. The van der Waals surface area contributed by atoms with E-state index in [1.54, 1.807) is 10.8 Å². The van der Waals surface area contributed by atoms with E-state index in [9.17, 15) is 4.79 Å². The van der Waals surface area contributed by atoms with Crippen molar-refractivity contribution >= 4 is 21.7 Å². The Labute approximate surface area is 111 Å². The first-order valence-electron chi connectivity index (χ1n) is 5.89. The van der Waals surface area contributed by atoms with Crippen molar-refractivity contribution in [1.82, 2.24) is 9.78 Å². The fourth-order valence-electron chi connectivity index (χ4n) is 1.77. The summed E-state index contributed by atoms with van der Waals surface area (Å²) in [7, 11) is 1.87. The number of aryl methyl sites for hydroxylation is 2. The van der Waals surface area contributed by atoms with E-state index in [-0.39, 0.29) is 5.78 Å². The van der Waals surface area contributed by atoms with Gasteiger partial charge in [-0.1, -0.05) is 19.4 Å². The molecule has 94 valence electrons. The van der Waals surface area contributed by atoms with Crippen LogP contribution in [0.1, 0.15) is 38.1 Å². The van der Waals surface area contributed by atoms with Gasteiger partial charge in [-0.15, -0.1) is 0 Å². The Kier molecular flexibility index (Phi) is 5.12. The molecule has 0 aliphatic rings. The van der Waals surface area contributed by atoms with Crippen LogP contribution >= 0.6 is 15.9 Å². The second kappa shape index (κ2) is 6.15. The van der Waals surface area contributed by atoms with Gasteiger partial charge >= 0.3 is 0 Å². The van der Waals surface area contributed by atoms with E-state index in [2.05, 4.69) is 34.9 Å². The fraction of sp³-hybridized carbons (Fsp3) is 0.538. The standard InChI is InChI=1S/C13H19BrN2O/c1-5-10(6-2)7-11(17)8-12-13(14)9(3)15-16(12)4/h7H,5-6,8H2,1-4H3. The molecule has 0 fully saturated rings. The largest absolute Gasteiger partial charge is 0.294 e. The highest BCUT2D eigenvalue weighted by molar-refractivity contribution is 9.10. The molecular formula is C13H19BrN2O. The summed E-state index contributed by atoms with van der Waals surface area (Å²) in [6.45, 7) is 6.08. The summed E-state index contributed by atoms with van der Waals surface area (Å²) in [5, 5.41) is 4.28. The number of halogens is 1. The third-order valence-electron chi connectivity index (χ3n) is 2.88. The first kappa shape index (κ1) is 14.2. The molecule has 0 radical (unpaired) electrons. The number of ketones is 1. The Hall–Kier alpha value is -0.900. The highest BCUT2D eigenvalue weighted by atomic mass is 79.9.